The molecule has 6 aromatic heterocycles. The lowest BCUT2D eigenvalue weighted by Gasteiger charge is -2.34. The predicted octanol–water partition coefficient (Wildman–Crippen LogP) is 7.14. The number of hydrogen-bond acceptors (Lipinski definition) is 14. The monoisotopic (exact) mass is 1100 g/mol. The lowest BCUT2D eigenvalue weighted by molar-refractivity contribution is 0.0680. The summed E-state index contributed by atoms with van der Waals surface area (Å²) in [6.07, 6.45) is 9.91. The molecule has 8 aromatic rings. The predicted molar refractivity (Wildman–Crippen MR) is 308 cm³/mol. The minimum Gasteiger partial charge on any atom is -0.477 e. The van der Waals surface area contributed by atoms with E-state index in [1.54, 1.807) is 21.2 Å². The molecule has 4 unspecified atom stereocenters. The van der Waals surface area contributed by atoms with Crippen LogP contribution in [0, 0.1) is 31.6 Å². The third-order valence-electron chi connectivity index (χ3n) is 18.8. The fourth-order valence-electron chi connectivity index (χ4n) is 14.3. The van der Waals surface area contributed by atoms with Gasteiger partial charge in [-0.05, 0) is 109 Å². The van der Waals surface area contributed by atoms with Crippen molar-refractivity contribution in [3.63, 3.8) is 0 Å². The molecular formula is C62H64N14O6. The van der Waals surface area contributed by atoms with Crippen molar-refractivity contribution in [1.82, 2.24) is 49.0 Å². The molecule has 6 aliphatic rings. The number of hydrogen-bond donors (Lipinski definition) is 2. The maximum Gasteiger partial charge on any atom is 0.354 e. The van der Waals surface area contributed by atoms with Crippen molar-refractivity contribution in [2.24, 2.45) is 17.8 Å². The zero-order valence-electron chi connectivity index (χ0n) is 46.4. The Labute approximate surface area is 473 Å². The number of carbonyl (C=O) groups excluding carboxylic acids is 2. The van der Waals surface area contributed by atoms with Crippen LogP contribution >= 0.6 is 0 Å². The number of fused-ring (bicyclic) bond motifs is 5. The van der Waals surface area contributed by atoms with Gasteiger partial charge in [-0.3, -0.25) is 9.59 Å². The van der Waals surface area contributed by atoms with Crippen molar-refractivity contribution in [2.75, 3.05) is 91.6 Å². The summed E-state index contributed by atoms with van der Waals surface area (Å²) >= 11 is 0. The minimum atomic E-state index is -1.06. The van der Waals surface area contributed by atoms with E-state index in [0.717, 1.165) is 99.0 Å². The molecule has 6 aliphatic heterocycles. The number of anilines is 4. The van der Waals surface area contributed by atoms with Crippen LogP contribution in [0.2, 0.25) is 0 Å². The highest BCUT2D eigenvalue weighted by molar-refractivity contribution is 5.93. The number of rotatable bonds is 11. The van der Waals surface area contributed by atoms with Crippen LogP contribution in [0.3, 0.4) is 0 Å². The Morgan fingerprint density at radius 2 is 1.05 bits per heavy atom. The Balaban J connectivity index is 0.623. The summed E-state index contributed by atoms with van der Waals surface area (Å²) in [5.41, 5.74) is 11.7. The Morgan fingerprint density at radius 3 is 1.56 bits per heavy atom. The van der Waals surface area contributed by atoms with E-state index in [1.807, 2.05) is 48.2 Å². The standard InChI is InChI=1S/C62H64N14O6/c1-37-19-48(33-75-55(37)65-53(67-75)57(77)73-30-42-28-72(29-43(42)31-73)47-12-16-64-52(25-47)60(81)82)69-17-13-61(3,35-69)44-9-5-7-40(22-44)41-8-6-10-45(23-41)62(4)14-18-70(36-62)49-20-38(2)56-66-54(68-76(56)34-49)58(78)74-27-39-21-50(74)32-71(26-39)46-11-15-63-51(24-46)59(79)80/h5-12,15-16,19-20,22-25,33-34,39,42-43,50H,13-14,17-18,21,26-32,35-36H2,1-4H3,(H,79,80)(H,81,82)/t39?,42?,43?,50?,61-,62-/m0/s1. The first-order chi connectivity index (χ1) is 39.5. The zero-order valence-corrected chi connectivity index (χ0v) is 46.4. The van der Waals surface area contributed by atoms with Crippen LogP contribution in [0.5, 0.6) is 0 Å². The number of likely N-dealkylation sites (tertiary alicyclic amines) is 2. The summed E-state index contributed by atoms with van der Waals surface area (Å²) in [6.45, 7) is 16.8. The highest BCUT2D eigenvalue weighted by Gasteiger charge is 2.45. The van der Waals surface area contributed by atoms with Crippen LogP contribution in [-0.2, 0) is 10.8 Å². The topological polar surface area (TPSA) is 214 Å². The number of nitrogens with zero attached hydrogens (tertiary/aromatic N) is 14. The molecule has 2 amide bonds. The van der Waals surface area contributed by atoms with Gasteiger partial charge in [-0.15, -0.1) is 10.2 Å². The van der Waals surface area contributed by atoms with Crippen molar-refractivity contribution in [3.05, 3.63) is 155 Å². The van der Waals surface area contributed by atoms with Crippen LogP contribution in [0.4, 0.5) is 22.7 Å². The fourth-order valence-corrected chi connectivity index (χ4v) is 14.3. The smallest absolute Gasteiger partial charge is 0.354 e. The summed E-state index contributed by atoms with van der Waals surface area (Å²) < 4.78 is 3.54. The van der Waals surface area contributed by atoms with E-state index in [4.69, 9.17) is 20.2 Å². The largest absolute Gasteiger partial charge is 0.477 e. The first-order valence-electron chi connectivity index (χ1n) is 28.5. The SMILES string of the molecule is Cc1cc(N2CC[C@](C)(c3cccc(-c4cccc([C@@]5(C)CCN(c6cc(C)c7nc(C(=O)N8CC9CC8CN(c8ccnc(C(=O)O)c8)C9)nn7c6)C5)c4)c3)C2)cn2nc(C(=O)N3CC4CN(c5ccnc(C(=O)O)c5)CC4C3)nc12. The number of carboxylic acid groups (broad SMARTS) is 2. The number of pyridine rings is 4. The molecule has 2 bridgehead atoms. The van der Waals surface area contributed by atoms with E-state index in [2.05, 4.69) is 104 Å². The number of aromatic nitrogens is 8. The average molecular weight is 1100 g/mol. The minimum absolute atomic E-state index is 0.00563. The van der Waals surface area contributed by atoms with Gasteiger partial charge in [-0.25, -0.2) is 38.6 Å². The highest BCUT2D eigenvalue weighted by atomic mass is 16.4. The molecule has 2 N–H and O–H groups in total. The van der Waals surface area contributed by atoms with Crippen molar-refractivity contribution in [1.29, 1.82) is 0 Å². The van der Waals surface area contributed by atoms with Crippen molar-refractivity contribution in [2.45, 2.75) is 63.8 Å². The van der Waals surface area contributed by atoms with Crippen LogP contribution in [-0.4, -0.2) is 161 Å². The molecule has 0 spiro atoms. The number of carbonyl (C=O) groups is 4. The molecule has 2 aromatic carbocycles. The Bertz CT molecular complexity index is 3920. The van der Waals surface area contributed by atoms with E-state index < -0.39 is 11.9 Å². The first kappa shape index (κ1) is 51.2. The molecule has 82 heavy (non-hydrogen) atoms. The second-order valence-corrected chi connectivity index (χ2v) is 24.5. The lowest BCUT2D eigenvalue weighted by atomic mass is 9.79. The van der Waals surface area contributed by atoms with Gasteiger partial charge in [0.2, 0.25) is 11.6 Å². The first-order valence-corrected chi connectivity index (χ1v) is 28.5. The summed E-state index contributed by atoms with van der Waals surface area (Å²) in [5, 5.41) is 28.5. The molecule has 20 heteroatoms. The van der Waals surface area contributed by atoms with Crippen molar-refractivity contribution < 1.29 is 29.4 Å². The molecular weight excluding hydrogens is 1040 g/mol. The van der Waals surface area contributed by atoms with Crippen LogP contribution in [0.25, 0.3) is 22.4 Å². The molecule has 6 saturated heterocycles. The Morgan fingerprint density at radius 1 is 0.549 bits per heavy atom. The number of amides is 2. The average Bonchev–Trinajstić information content (AvgIpc) is 4.50. The van der Waals surface area contributed by atoms with E-state index in [9.17, 15) is 29.4 Å². The van der Waals surface area contributed by atoms with Gasteiger partial charge in [0.25, 0.3) is 11.8 Å². The molecule has 12 heterocycles. The molecule has 14 rings (SSSR count). The molecule has 0 saturated carbocycles. The lowest BCUT2D eigenvalue weighted by Crippen LogP contribution is -2.44. The number of aromatic carboxylic acids is 2. The molecule has 6 fully saturated rings. The van der Waals surface area contributed by atoms with Gasteiger partial charge >= 0.3 is 11.9 Å². The Hall–Kier alpha value is -8.94. The summed E-state index contributed by atoms with van der Waals surface area (Å²) in [4.78, 5) is 81.7. The third kappa shape index (κ3) is 8.98. The number of carboxylic acids is 2. The van der Waals surface area contributed by atoms with E-state index in [0.29, 0.717) is 37.5 Å². The van der Waals surface area contributed by atoms with Crippen LogP contribution in [0.1, 0.15) is 97.6 Å². The van der Waals surface area contributed by atoms with Crippen molar-refractivity contribution in [3.8, 4) is 11.1 Å². The molecule has 6 atom stereocenters. The normalized spacial score (nSPS) is 24.1. The fraction of sp³-hybridized carbons (Fsp3) is 0.387. The molecule has 0 radical (unpaired) electrons. The Kier molecular flexibility index (Phi) is 12.1. The van der Waals surface area contributed by atoms with Gasteiger partial charge in [0.05, 0.1) is 29.8 Å². The van der Waals surface area contributed by atoms with Gasteiger partial charge in [-0.1, -0.05) is 62.4 Å². The van der Waals surface area contributed by atoms with Crippen molar-refractivity contribution >= 4 is 57.8 Å². The third-order valence-corrected chi connectivity index (χ3v) is 18.8. The van der Waals surface area contributed by atoms with E-state index in [1.165, 1.54) is 34.6 Å². The summed E-state index contributed by atoms with van der Waals surface area (Å²) in [7, 11) is 0. The second-order valence-electron chi connectivity index (χ2n) is 24.5. The quantitative estimate of drug-likeness (QED) is 0.132. The maximum absolute atomic E-state index is 14.1. The maximum atomic E-state index is 14.1. The summed E-state index contributed by atoms with van der Waals surface area (Å²) in [6, 6.07) is 29.2. The highest BCUT2D eigenvalue weighted by Crippen LogP contribution is 2.42. The number of aryl methyl sites for hydroxylation is 2. The second kappa shape index (κ2) is 19.4. The molecule has 418 valence electrons. The van der Waals surface area contributed by atoms with Gasteiger partial charge in [0, 0.05) is 118 Å². The van der Waals surface area contributed by atoms with Crippen LogP contribution in [0.15, 0.2) is 110 Å². The van der Waals surface area contributed by atoms with Gasteiger partial charge in [0.1, 0.15) is 11.4 Å². The van der Waals surface area contributed by atoms with Crippen LogP contribution < -0.4 is 19.6 Å². The molecule has 20 nitrogen and oxygen atoms in total. The van der Waals surface area contributed by atoms with E-state index >= 15 is 0 Å². The molecule has 0 aliphatic carbocycles. The number of benzene rings is 2. The van der Waals surface area contributed by atoms with E-state index in [-0.39, 0.29) is 69.5 Å². The van der Waals surface area contributed by atoms with Gasteiger partial charge in [-0.2, -0.15) is 0 Å². The van der Waals surface area contributed by atoms with Gasteiger partial charge in [0.15, 0.2) is 11.3 Å². The van der Waals surface area contributed by atoms with Gasteiger partial charge < -0.3 is 39.6 Å². The zero-order chi connectivity index (χ0) is 56.3. The summed E-state index contributed by atoms with van der Waals surface area (Å²) in [5.74, 6) is -1.26. The number of piperidine rings is 1.